The molecule has 0 bridgehead atoms. The Hall–Kier alpha value is -1.73. The molecule has 2 saturated heterocycles. The number of rotatable bonds is 3. The van der Waals surface area contributed by atoms with E-state index in [0.29, 0.717) is 23.7 Å². The number of hydrogen-bond donors (Lipinski definition) is 2. The summed E-state index contributed by atoms with van der Waals surface area (Å²) >= 11 is 5.92. The topological polar surface area (TPSA) is 61.4 Å². The molecular formula is C15H16ClF2N3O2. The van der Waals surface area contributed by atoms with Crippen LogP contribution in [0.25, 0.3) is 0 Å². The minimum Gasteiger partial charge on any atom is -0.343 e. The Bertz CT molecular complexity index is 641. The SMILES string of the molecule is O=C(NC1CCN(c2cccc(Cl)c2)C1=O)C1CC(F)(F)CN1. The molecule has 0 aliphatic carbocycles. The van der Waals surface area contributed by atoms with E-state index in [1.807, 2.05) is 0 Å². The second kappa shape index (κ2) is 6.05. The second-order valence-electron chi connectivity index (χ2n) is 5.81. The maximum atomic E-state index is 13.1. The number of carbonyl (C=O) groups excluding carboxylic acids is 2. The van der Waals surface area contributed by atoms with E-state index in [1.165, 1.54) is 4.90 Å². The summed E-state index contributed by atoms with van der Waals surface area (Å²) in [6.07, 6.45) is -0.113. The van der Waals surface area contributed by atoms with Crippen LogP contribution in [0.15, 0.2) is 24.3 Å². The van der Waals surface area contributed by atoms with E-state index in [1.54, 1.807) is 24.3 Å². The molecule has 1 aromatic rings. The molecule has 0 aromatic heterocycles. The van der Waals surface area contributed by atoms with Crippen molar-refractivity contribution in [1.82, 2.24) is 10.6 Å². The molecule has 5 nitrogen and oxygen atoms in total. The molecule has 2 fully saturated rings. The third-order valence-corrected chi connectivity index (χ3v) is 4.30. The van der Waals surface area contributed by atoms with Crippen LogP contribution in [-0.4, -0.2) is 42.9 Å². The highest BCUT2D eigenvalue weighted by atomic mass is 35.5. The minimum absolute atomic E-state index is 0.259. The lowest BCUT2D eigenvalue weighted by Gasteiger charge is -2.18. The zero-order valence-electron chi connectivity index (χ0n) is 12.2. The Morgan fingerprint density at radius 1 is 1.43 bits per heavy atom. The molecule has 0 radical (unpaired) electrons. The number of nitrogens with one attached hydrogen (secondary N) is 2. The summed E-state index contributed by atoms with van der Waals surface area (Å²) in [7, 11) is 0. The molecule has 2 aliphatic rings. The van der Waals surface area contributed by atoms with Crippen molar-refractivity contribution in [3.05, 3.63) is 29.3 Å². The summed E-state index contributed by atoms with van der Waals surface area (Å²) in [5, 5.41) is 5.56. The predicted octanol–water partition coefficient (Wildman–Crippen LogP) is 1.56. The largest absolute Gasteiger partial charge is 0.343 e. The highest BCUT2D eigenvalue weighted by Crippen LogP contribution is 2.27. The standard InChI is InChI=1S/C15H16ClF2N3O2/c16-9-2-1-3-10(6-9)21-5-4-11(14(21)23)20-13(22)12-7-15(17,18)8-19-12/h1-3,6,11-12,19H,4-5,7-8H2,(H,20,22). The van der Waals surface area contributed by atoms with Crippen molar-refractivity contribution < 1.29 is 18.4 Å². The molecule has 124 valence electrons. The molecule has 3 rings (SSSR count). The third-order valence-electron chi connectivity index (χ3n) is 4.07. The van der Waals surface area contributed by atoms with Gasteiger partial charge in [-0.15, -0.1) is 0 Å². The highest BCUT2D eigenvalue weighted by molar-refractivity contribution is 6.31. The van der Waals surface area contributed by atoms with Crippen molar-refractivity contribution in [2.75, 3.05) is 18.0 Å². The van der Waals surface area contributed by atoms with E-state index in [0.717, 1.165) is 0 Å². The predicted molar refractivity (Wildman–Crippen MR) is 81.7 cm³/mol. The number of alkyl halides is 2. The lowest BCUT2D eigenvalue weighted by atomic mass is 10.1. The van der Waals surface area contributed by atoms with Gasteiger partial charge in [0.2, 0.25) is 11.8 Å². The first kappa shape index (κ1) is 16.1. The van der Waals surface area contributed by atoms with Gasteiger partial charge in [-0.2, -0.15) is 0 Å². The third kappa shape index (κ3) is 3.45. The average Bonchev–Trinajstić information content (AvgIpc) is 3.02. The van der Waals surface area contributed by atoms with Gasteiger partial charge in [0.1, 0.15) is 6.04 Å². The van der Waals surface area contributed by atoms with Gasteiger partial charge in [0.05, 0.1) is 12.6 Å². The van der Waals surface area contributed by atoms with E-state index in [9.17, 15) is 18.4 Å². The zero-order chi connectivity index (χ0) is 16.6. The van der Waals surface area contributed by atoms with Crippen molar-refractivity contribution in [3.63, 3.8) is 0 Å². The molecule has 2 aliphatic heterocycles. The fourth-order valence-electron chi connectivity index (χ4n) is 2.89. The van der Waals surface area contributed by atoms with E-state index in [2.05, 4.69) is 10.6 Å². The summed E-state index contributed by atoms with van der Waals surface area (Å²) in [5.74, 6) is -3.70. The van der Waals surface area contributed by atoms with Crippen LogP contribution in [0.1, 0.15) is 12.8 Å². The fourth-order valence-corrected chi connectivity index (χ4v) is 3.07. The van der Waals surface area contributed by atoms with Gasteiger partial charge in [-0.25, -0.2) is 8.78 Å². The van der Waals surface area contributed by atoms with Gasteiger partial charge in [0.25, 0.3) is 5.92 Å². The van der Waals surface area contributed by atoms with Gasteiger partial charge in [0.15, 0.2) is 0 Å². The quantitative estimate of drug-likeness (QED) is 0.875. The summed E-state index contributed by atoms with van der Waals surface area (Å²) in [4.78, 5) is 26.0. The summed E-state index contributed by atoms with van der Waals surface area (Å²) < 4.78 is 26.3. The first-order valence-corrected chi connectivity index (χ1v) is 7.72. The Kier molecular flexibility index (Phi) is 4.25. The van der Waals surface area contributed by atoms with Crippen molar-refractivity contribution in [1.29, 1.82) is 0 Å². The van der Waals surface area contributed by atoms with Gasteiger partial charge in [-0.05, 0) is 24.6 Å². The number of carbonyl (C=O) groups is 2. The van der Waals surface area contributed by atoms with E-state index in [-0.39, 0.29) is 5.91 Å². The van der Waals surface area contributed by atoms with Crippen LogP contribution < -0.4 is 15.5 Å². The molecule has 0 saturated carbocycles. The van der Waals surface area contributed by atoms with Crippen LogP contribution in [0, 0.1) is 0 Å². The molecule has 2 heterocycles. The Labute approximate surface area is 137 Å². The van der Waals surface area contributed by atoms with Gasteiger partial charge >= 0.3 is 0 Å². The molecule has 8 heteroatoms. The lowest BCUT2D eigenvalue weighted by molar-refractivity contribution is -0.127. The Morgan fingerprint density at radius 2 is 2.22 bits per heavy atom. The molecule has 2 atom stereocenters. The highest BCUT2D eigenvalue weighted by Gasteiger charge is 2.43. The fraction of sp³-hybridized carbons (Fsp3) is 0.467. The van der Waals surface area contributed by atoms with Gasteiger partial charge in [-0.3, -0.25) is 14.9 Å². The lowest BCUT2D eigenvalue weighted by Crippen LogP contribution is -2.48. The molecule has 1 aromatic carbocycles. The van der Waals surface area contributed by atoms with Gasteiger partial charge in [0, 0.05) is 23.7 Å². The molecule has 2 N–H and O–H groups in total. The van der Waals surface area contributed by atoms with Crippen molar-refractivity contribution in [2.45, 2.75) is 30.8 Å². The molecular weight excluding hydrogens is 328 g/mol. The normalized spacial score (nSPS) is 26.6. The number of amides is 2. The number of anilines is 1. The maximum Gasteiger partial charge on any atom is 0.262 e. The minimum atomic E-state index is -2.88. The van der Waals surface area contributed by atoms with Crippen LogP contribution in [0.4, 0.5) is 14.5 Å². The number of halogens is 3. The average molecular weight is 344 g/mol. The van der Waals surface area contributed by atoms with Crippen molar-refractivity contribution in [2.24, 2.45) is 0 Å². The van der Waals surface area contributed by atoms with Gasteiger partial charge in [-0.1, -0.05) is 17.7 Å². The van der Waals surface area contributed by atoms with E-state index >= 15 is 0 Å². The maximum absolute atomic E-state index is 13.1. The monoisotopic (exact) mass is 343 g/mol. The van der Waals surface area contributed by atoms with E-state index < -0.39 is 36.9 Å². The Morgan fingerprint density at radius 3 is 2.87 bits per heavy atom. The van der Waals surface area contributed by atoms with Crippen LogP contribution in [0.2, 0.25) is 5.02 Å². The van der Waals surface area contributed by atoms with E-state index in [4.69, 9.17) is 11.6 Å². The second-order valence-corrected chi connectivity index (χ2v) is 6.25. The van der Waals surface area contributed by atoms with Crippen LogP contribution in [-0.2, 0) is 9.59 Å². The first-order valence-electron chi connectivity index (χ1n) is 7.34. The molecule has 2 amide bonds. The smallest absolute Gasteiger partial charge is 0.262 e. The first-order chi connectivity index (χ1) is 10.9. The van der Waals surface area contributed by atoms with Crippen LogP contribution >= 0.6 is 11.6 Å². The zero-order valence-corrected chi connectivity index (χ0v) is 12.9. The number of hydrogen-bond acceptors (Lipinski definition) is 3. The number of nitrogens with zero attached hydrogens (tertiary/aromatic N) is 1. The van der Waals surface area contributed by atoms with Crippen molar-refractivity contribution in [3.8, 4) is 0 Å². The summed E-state index contributed by atoms with van der Waals surface area (Å²) in [6, 6.07) is 5.21. The van der Waals surface area contributed by atoms with Gasteiger partial charge < -0.3 is 10.2 Å². The Balaban J connectivity index is 1.62. The molecule has 2 unspecified atom stereocenters. The summed E-state index contributed by atoms with van der Waals surface area (Å²) in [6.45, 7) is -0.0727. The van der Waals surface area contributed by atoms with Crippen molar-refractivity contribution >= 4 is 29.1 Å². The molecule has 23 heavy (non-hydrogen) atoms. The van der Waals surface area contributed by atoms with Crippen LogP contribution in [0.3, 0.4) is 0 Å². The molecule has 0 spiro atoms. The van der Waals surface area contributed by atoms with Crippen LogP contribution in [0.5, 0.6) is 0 Å². The summed E-state index contributed by atoms with van der Waals surface area (Å²) in [5.41, 5.74) is 0.657. The number of benzene rings is 1.